The molecule has 6 nitrogen and oxygen atoms in total. The minimum Gasteiger partial charge on any atom is -0.380 e. The van der Waals surface area contributed by atoms with Crippen molar-refractivity contribution >= 4 is 35.6 Å². The molecule has 0 aliphatic heterocycles. The van der Waals surface area contributed by atoms with Gasteiger partial charge in [-0.3, -0.25) is 4.68 Å². The van der Waals surface area contributed by atoms with E-state index in [2.05, 4.69) is 34.5 Å². The SMILES string of the molecule is COCc1ccccc1NC(N)=NCc1c(C)nn(Cc2ccccc2)c1C.I. The molecule has 0 bridgehead atoms. The Hall–Kier alpha value is -2.39. The van der Waals surface area contributed by atoms with Gasteiger partial charge in [0.05, 0.1) is 25.4 Å². The second kappa shape index (κ2) is 11.0. The molecule has 3 aromatic rings. The molecule has 0 fully saturated rings. The van der Waals surface area contributed by atoms with Crippen LogP contribution in [0.5, 0.6) is 0 Å². The van der Waals surface area contributed by atoms with Crippen LogP contribution < -0.4 is 11.1 Å². The van der Waals surface area contributed by atoms with Crippen molar-refractivity contribution in [2.24, 2.45) is 10.7 Å². The number of nitrogens with one attached hydrogen (secondary N) is 1. The largest absolute Gasteiger partial charge is 0.380 e. The van der Waals surface area contributed by atoms with Crippen molar-refractivity contribution in [3.05, 3.63) is 82.7 Å². The van der Waals surface area contributed by atoms with E-state index in [0.29, 0.717) is 19.1 Å². The summed E-state index contributed by atoms with van der Waals surface area (Å²) in [6.45, 7) is 5.83. The van der Waals surface area contributed by atoms with E-state index in [4.69, 9.17) is 10.5 Å². The topological polar surface area (TPSA) is 77.5 Å². The predicted octanol–water partition coefficient (Wildman–Crippen LogP) is 4.24. The van der Waals surface area contributed by atoms with Crippen molar-refractivity contribution in [1.29, 1.82) is 0 Å². The molecule has 0 aliphatic carbocycles. The summed E-state index contributed by atoms with van der Waals surface area (Å²) in [5.74, 6) is 0.373. The fraction of sp³-hybridized carbons (Fsp3) is 0.273. The zero-order valence-corrected chi connectivity index (χ0v) is 19.4. The van der Waals surface area contributed by atoms with Gasteiger partial charge < -0.3 is 15.8 Å². The number of halogens is 1. The third kappa shape index (κ3) is 6.04. The van der Waals surface area contributed by atoms with E-state index < -0.39 is 0 Å². The Bertz CT molecular complexity index is 953. The van der Waals surface area contributed by atoms with Crippen molar-refractivity contribution in [3.63, 3.8) is 0 Å². The third-order valence-electron chi connectivity index (χ3n) is 4.69. The minimum atomic E-state index is 0. The minimum absolute atomic E-state index is 0. The fourth-order valence-corrected chi connectivity index (χ4v) is 3.14. The smallest absolute Gasteiger partial charge is 0.193 e. The number of para-hydroxylation sites is 1. The number of aromatic nitrogens is 2. The van der Waals surface area contributed by atoms with Gasteiger partial charge in [-0.2, -0.15) is 5.10 Å². The van der Waals surface area contributed by atoms with Crippen LogP contribution in [0.4, 0.5) is 5.69 Å². The number of aryl methyl sites for hydroxylation is 1. The molecular weight excluding hydrogens is 477 g/mol. The molecule has 0 aliphatic rings. The number of anilines is 1. The van der Waals surface area contributed by atoms with Gasteiger partial charge in [0.25, 0.3) is 0 Å². The molecular formula is C22H28IN5O. The van der Waals surface area contributed by atoms with Gasteiger partial charge in [-0.25, -0.2) is 4.99 Å². The molecule has 1 aromatic heterocycles. The highest BCUT2D eigenvalue weighted by molar-refractivity contribution is 14.0. The molecule has 0 amide bonds. The number of ether oxygens (including phenoxy) is 1. The fourth-order valence-electron chi connectivity index (χ4n) is 3.14. The number of nitrogens with zero attached hydrogens (tertiary/aromatic N) is 3. The normalized spacial score (nSPS) is 11.2. The number of guanidine groups is 1. The predicted molar refractivity (Wildman–Crippen MR) is 129 cm³/mol. The number of nitrogens with two attached hydrogens (primary N) is 1. The quantitative estimate of drug-likeness (QED) is 0.286. The first-order chi connectivity index (χ1) is 13.6. The highest BCUT2D eigenvalue weighted by atomic mass is 127. The molecule has 0 saturated heterocycles. The molecule has 0 spiro atoms. The number of hydrogen-bond donors (Lipinski definition) is 2. The van der Waals surface area contributed by atoms with Gasteiger partial charge in [0, 0.05) is 29.6 Å². The Kier molecular flexibility index (Phi) is 8.66. The number of rotatable bonds is 7. The van der Waals surface area contributed by atoms with Crippen molar-refractivity contribution in [2.75, 3.05) is 12.4 Å². The van der Waals surface area contributed by atoms with E-state index in [9.17, 15) is 0 Å². The van der Waals surface area contributed by atoms with Gasteiger partial charge in [0.2, 0.25) is 0 Å². The van der Waals surface area contributed by atoms with E-state index in [0.717, 1.165) is 34.7 Å². The first kappa shape index (κ1) is 22.9. The summed E-state index contributed by atoms with van der Waals surface area (Å²) in [4.78, 5) is 4.52. The second-order valence-electron chi connectivity index (χ2n) is 6.71. The molecule has 3 N–H and O–H groups in total. The summed E-state index contributed by atoms with van der Waals surface area (Å²) in [6.07, 6.45) is 0. The van der Waals surface area contributed by atoms with Crippen LogP contribution in [-0.4, -0.2) is 22.8 Å². The zero-order valence-electron chi connectivity index (χ0n) is 17.1. The van der Waals surface area contributed by atoms with Crippen LogP contribution in [0.15, 0.2) is 59.6 Å². The van der Waals surface area contributed by atoms with Gasteiger partial charge in [-0.05, 0) is 25.5 Å². The average Bonchev–Trinajstić information content (AvgIpc) is 2.95. The number of hydrogen-bond acceptors (Lipinski definition) is 3. The van der Waals surface area contributed by atoms with Crippen molar-refractivity contribution < 1.29 is 4.74 Å². The Morgan fingerprint density at radius 1 is 1.10 bits per heavy atom. The lowest BCUT2D eigenvalue weighted by Gasteiger charge is -2.11. The molecule has 0 atom stereocenters. The Labute approximate surface area is 189 Å². The van der Waals surface area contributed by atoms with E-state index in [-0.39, 0.29) is 24.0 Å². The lowest BCUT2D eigenvalue weighted by atomic mass is 10.2. The summed E-state index contributed by atoms with van der Waals surface area (Å²) in [5.41, 5.74) is 12.5. The second-order valence-corrected chi connectivity index (χ2v) is 6.71. The maximum absolute atomic E-state index is 6.12. The number of aliphatic imine (C=N–C) groups is 1. The molecule has 154 valence electrons. The van der Waals surface area contributed by atoms with Gasteiger partial charge in [-0.15, -0.1) is 24.0 Å². The molecule has 1 heterocycles. The molecule has 7 heteroatoms. The highest BCUT2D eigenvalue weighted by Crippen LogP contribution is 2.17. The standard InChI is InChI=1S/C22H27N5O.HI/c1-16-20(17(2)27(26-16)14-18-9-5-4-6-10-18)13-24-22(23)25-21-12-8-7-11-19(21)15-28-3;/h4-12H,13-15H2,1-3H3,(H3,23,24,25);1H. The Balaban J connectivity index is 0.00000300. The van der Waals surface area contributed by atoms with Crippen molar-refractivity contribution in [3.8, 4) is 0 Å². The van der Waals surface area contributed by atoms with Crippen LogP contribution >= 0.6 is 24.0 Å². The van der Waals surface area contributed by atoms with E-state index in [1.165, 1.54) is 5.56 Å². The maximum Gasteiger partial charge on any atom is 0.193 e. The monoisotopic (exact) mass is 505 g/mol. The summed E-state index contributed by atoms with van der Waals surface area (Å²) in [6, 6.07) is 18.2. The Morgan fingerprint density at radius 3 is 2.52 bits per heavy atom. The van der Waals surface area contributed by atoms with Crippen LogP contribution in [-0.2, 0) is 24.4 Å². The molecule has 0 unspecified atom stereocenters. The van der Waals surface area contributed by atoms with Crippen molar-refractivity contribution in [2.45, 2.75) is 33.5 Å². The molecule has 3 rings (SSSR count). The van der Waals surface area contributed by atoms with Crippen LogP contribution in [0, 0.1) is 13.8 Å². The first-order valence-corrected chi connectivity index (χ1v) is 9.29. The lowest BCUT2D eigenvalue weighted by molar-refractivity contribution is 0.185. The highest BCUT2D eigenvalue weighted by Gasteiger charge is 2.12. The van der Waals surface area contributed by atoms with Crippen molar-refractivity contribution in [1.82, 2.24) is 9.78 Å². The lowest BCUT2D eigenvalue weighted by Crippen LogP contribution is -2.23. The van der Waals surface area contributed by atoms with Gasteiger partial charge in [0.1, 0.15) is 0 Å². The van der Waals surface area contributed by atoms with Gasteiger partial charge >= 0.3 is 0 Å². The molecule has 2 aromatic carbocycles. The molecule has 0 saturated carbocycles. The van der Waals surface area contributed by atoms with Gasteiger partial charge in [-0.1, -0.05) is 48.5 Å². The van der Waals surface area contributed by atoms with E-state index in [1.54, 1.807) is 7.11 Å². The molecule has 29 heavy (non-hydrogen) atoms. The zero-order chi connectivity index (χ0) is 19.9. The van der Waals surface area contributed by atoms with Crippen LogP contribution in [0.3, 0.4) is 0 Å². The Morgan fingerprint density at radius 2 is 1.79 bits per heavy atom. The maximum atomic E-state index is 6.12. The summed E-state index contributed by atoms with van der Waals surface area (Å²) in [7, 11) is 1.67. The number of methoxy groups -OCH3 is 1. The summed E-state index contributed by atoms with van der Waals surface area (Å²) in [5, 5.41) is 7.85. The summed E-state index contributed by atoms with van der Waals surface area (Å²) >= 11 is 0. The average molecular weight is 505 g/mol. The third-order valence-corrected chi connectivity index (χ3v) is 4.69. The van der Waals surface area contributed by atoms with Crippen LogP contribution in [0.2, 0.25) is 0 Å². The van der Waals surface area contributed by atoms with Crippen LogP contribution in [0.1, 0.15) is 28.1 Å². The molecule has 0 radical (unpaired) electrons. The van der Waals surface area contributed by atoms with Crippen LogP contribution in [0.25, 0.3) is 0 Å². The summed E-state index contributed by atoms with van der Waals surface area (Å²) < 4.78 is 7.25. The van der Waals surface area contributed by atoms with E-state index >= 15 is 0 Å². The van der Waals surface area contributed by atoms with Gasteiger partial charge in [0.15, 0.2) is 5.96 Å². The first-order valence-electron chi connectivity index (χ1n) is 9.29. The number of benzene rings is 2. The van der Waals surface area contributed by atoms with E-state index in [1.807, 2.05) is 54.1 Å².